The molecule has 2 fully saturated rings. The maximum Gasteiger partial charge on any atom is 0.276 e. The molecule has 0 amide bonds. The molecule has 0 aliphatic carbocycles. The number of H-pyrrole nitrogens is 1. The fourth-order valence-corrected chi connectivity index (χ4v) is 3.96. The standard InChI is InChI=1S/C21H30N6O2/c1-15(5-4-8-25(2)3)17-12-26(13-17)14-19-23-21(28)18-11-22-20(27(18)24-19)16-6-9-29-10-7-16/h4-5,11,16-17H,1,6-10,12-14H2,2-3H3,(H,23,24,28)/b5-4-. The number of imidazole rings is 1. The Kier molecular flexibility index (Phi) is 5.94. The number of nitrogens with one attached hydrogen (secondary N) is 1. The van der Waals surface area contributed by atoms with Crippen molar-refractivity contribution < 1.29 is 4.74 Å². The number of hydrogen-bond donors (Lipinski definition) is 1. The van der Waals surface area contributed by atoms with Crippen molar-refractivity contribution in [1.82, 2.24) is 29.4 Å². The van der Waals surface area contributed by atoms with Crippen LogP contribution in [0.1, 0.15) is 30.4 Å². The summed E-state index contributed by atoms with van der Waals surface area (Å²) < 4.78 is 7.19. The predicted molar refractivity (Wildman–Crippen MR) is 112 cm³/mol. The van der Waals surface area contributed by atoms with Gasteiger partial charge in [0.15, 0.2) is 5.52 Å². The average Bonchev–Trinajstić information content (AvgIpc) is 3.09. The molecule has 2 aliphatic rings. The molecule has 2 aliphatic heterocycles. The van der Waals surface area contributed by atoms with Gasteiger partial charge in [0.05, 0.1) is 12.7 Å². The Morgan fingerprint density at radius 2 is 2.14 bits per heavy atom. The van der Waals surface area contributed by atoms with Gasteiger partial charge in [0, 0.05) is 44.7 Å². The van der Waals surface area contributed by atoms with Gasteiger partial charge in [-0.2, -0.15) is 5.10 Å². The first-order valence-corrected chi connectivity index (χ1v) is 10.3. The summed E-state index contributed by atoms with van der Waals surface area (Å²) in [5.74, 6) is 2.31. The van der Waals surface area contributed by atoms with Crippen molar-refractivity contribution in [3.8, 4) is 0 Å². The minimum atomic E-state index is -0.131. The van der Waals surface area contributed by atoms with Crippen molar-refractivity contribution >= 4 is 5.52 Å². The van der Waals surface area contributed by atoms with E-state index >= 15 is 0 Å². The summed E-state index contributed by atoms with van der Waals surface area (Å²) in [6.07, 6.45) is 7.74. The van der Waals surface area contributed by atoms with Gasteiger partial charge >= 0.3 is 0 Å². The quantitative estimate of drug-likeness (QED) is 0.711. The number of rotatable bonds is 7. The molecule has 0 aromatic carbocycles. The van der Waals surface area contributed by atoms with Gasteiger partial charge in [0.2, 0.25) is 0 Å². The van der Waals surface area contributed by atoms with Crippen LogP contribution >= 0.6 is 0 Å². The zero-order valence-corrected chi connectivity index (χ0v) is 17.3. The minimum absolute atomic E-state index is 0.131. The van der Waals surface area contributed by atoms with Crippen molar-refractivity contribution in [3.05, 3.63) is 52.5 Å². The van der Waals surface area contributed by atoms with E-state index in [-0.39, 0.29) is 5.56 Å². The number of allylic oxidation sites excluding steroid dienone is 1. The fourth-order valence-electron chi connectivity index (χ4n) is 3.96. The topological polar surface area (TPSA) is 78.8 Å². The molecule has 0 unspecified atom stereocenters. The van der Waals surface area contributed by atoms with Crippen LogP contribution < -0.4 is 5.56 Å². The maximum absolute atomic E-state index is 12.5. The lowest BCUT2D eigenvalue weighted by Crippen LogP contribution is -2.47. The van der Waals surface area contributed by atoms with Crippen LogP contribution in [-0.2, 0) is 11.3 Å². The van der Waals surface area contributed by atoms with Gasteiger partial charge in [-0.25, -0.2) is 9.50 Å². The molecule has 1 N–H and O–H groups in total. The smallest absolute Gasteiger partial charge is 0.276 e. The highest BCUT2D eigenvalue weighted by atomic mass is 16.5. The van der Waals surface area contributed by atoms with Crippen molar-refractivity contribution in [2.24, 2.45) is 5.92 Å². The summed E-state index contributed by atoms with van der Waals surface area (Å²) in [5.41, 5.74) is 1.54. The predicted octanol–water partition coefficient (Wildman–Crippen LogP) is 1.42. The van der Waals surface area contributed by atoms with E-state index in [1.54, 1.807) is 10.7 Å². The Balaban J connectivity index is 1.41. The first kappa shape index (κ1) is 20.0. The molecular formula is C21H30N6O2. The lowest BCUT2D eigenvalue weighted by Gasteiger charge is -2.39. The van der Waals surface area contributed by atoms with Crippen molar-refractivity contribution in [2.45, 2.75) is 25.3 Å². The summed E-state index contributed by atoms with van der Waals surface area (Å²) in [6.45, 7) is 9.08. The van der Waals surface area contributed by atoms with Gasteiger partial charge in [0.1, 0.15) is 11.6 Å². The number of fused-ring (bicyclic) bond motifs is 1. The normalized spacial score (nSPS) is 19.4. The molecule has 0 saturated carbocycles. The zero-order valence-electron chi connectivity index (χ0n) is 17.3. The Morgan fingerprint density at radius 3 is 2.86 bits per heavy atom. The lowest BCUT2D eigenvalue weighted by atomic mass is 9.92. The second kappa shape index (κ2) is 8.61. The molecule has 2 aromatic rings. The van der Waals surface area contributed by atoms with E-state index in [9.17, 15) is 4.79 Å². The fraction of sp³-hybridized carbons (Fsp3) is 0.571. The molecule has 29 heavy (non-hydrogen) atoms. The van der Waals surface area contributed by atoms with Crippen LogP contribution in [-0.4, -0.2) is 76.3 Å². The van der Waals surface area contributed by atoms with E-state index in [1.807, 2.05) is 0 Å². The van der Waals surface area contributed by atoms with E-state index in [4.69, 9.17) is 9.84 Å². The number of likely N-dealkylation sites (tertiary alicyclic amines) is 1. The van der Waals surface area contributed by atoms with Gasteiger partial charge in [-0.15, -0.1) is 0 Å². The molecule has 8 heteroatoms. The number of likely N-dealkylation sites (N-methyl/N-ethyl adjacent to an activating group) is 1. The largest absolute Gasteiger partial charge is 0.381 e. The van der Waals surface area contributed by atoms with Crippen LogP contribution in [0.2, 0.25) is 0 Å². The molecule has 0 atom stereocenters. The van der Waals surface area contributed by atoms with Gasteiger partial charge in [-0.1, -0.05) is 18.7 Å². The number of hydrogen-bond acceptors (Lipinski definition) is 6. The van der Waals surface area contributed by atoms with Gasteiger partial charge in [-0.05, 0) is 32.5 Å². The molecule has 0 spiro atoms. The third kappa shape index (κ3) is 4.49. The second-order valence-corrected chi connectivity index (χ2v) is 8.33. The Bertz CT molecular complexity index is 948. The van der Waals surface area contributed by atoms with Crippen LogP contribution in [0, 0.1) is 5.92 Å². The molecule has 4 rings (SSSR count). The number of aromatic amines is 1. The number of aromatic nitrogens is 4. The van der Waals surface area contributed by atoms with Crippen molar-refractivity contribution in [2.75, 3.05) is 46.9 Å². The zero-order chi connectivity index (χ0) is 20.4. The van der Waals surface area contributed by atoms with Gasteiger partial charge in [-0.3, -0.25) is 9.69 Å². The second-order valence-electron chi connectivity index (χ2n) is 8.33. The number of ether oxygens (including phenoxy) is 1. The van der Waals surface area contributed by atoms with Crippen LogP contribution in [0.15, 0.2) is 35.3 Å². The van der Waals surface area contributed by atoms with E-state index < -0.39 is 0 Å². The maximum atomic E-state index is 12.5. The molecule has 2 saturated heterocycles. The van der Waals surface area contributed by atoms with E-state index in [0.717, 1.165) is 57.1 Å². The molecule has 4 heterocycles. The first-order chi connectivity index (χ1) is 14.0. The van der Waals surface area contributed by atoms with Crippen molar-refractivity contribution in [3.63, 3.8) is 0 Å². The lowest BCUT2D eigenvalue weighted by molar-refractivity contribution is 0.0831. The summed E-state index contributed by atoms with van der Waals surface area (Å²) in [7, 11) is 4.10. The van der Waals surface area contributed by atoms with Crippen LogP contribution in [0.25, 0.3) is 5.52 Å². The third-order valence-corrected chi connectivity index (χ3v) is 5.72. The Hall–Kier alpha value is -2.29. The molecule has 156 valence electrons. The molecule has 0 bridgehead atoms. The van der Waals surface area contributed by atoms with Crippen LogP contribution in [0.3, 0.4) is 0 Å². The van der Waals surface area contributed by atoms with E-state index in [2.05, 4.69) is 52.6 Å². The number of nitrogens with zero attached hydrogens (tertiary/aromatic N) is 5. The van der Waals surface area contributed by atoms with Crippen molar-refractivity contribution in [1.29, 1.82) is 0 Å². The first-order valence-electron chi connectivity index (χ1n) is 10.3. The highest BCUT2D eigenvalue weighted by molar-refractivity contribution is 5.42. The Morgan fingerprint density at radius 1 is 1.38 bits per heavy atom. The Labute approximate surface area is 170 Å². The minimum Gasteiger partial charge on any atom is -0.381 e. The van der Waals surface area contributed by atoms with E-state index in [0.29, 0.717) is 29.7 Å². The summed E-state index contributed by atoms with van der Waals surface area (Å²) in [4.78, 5) is 24.3. The molecule has 8 nitrogen and oxygen atoms in total. The highest BCUT2D eigenvalue weighted by Gasteiger charge is 2.29. The third-order valence-electron chi connectivity index (χ3n) is 5.72. The van der Waals surface area contributed by atoms with Crippen LogP contribution in [0.4, 0.5) is 0 Å². The monoisotopic (exact) mass is 398 g/mol. The molecular weight excluding hydrogens is 368 g/mol. The van der Waals surface area contributed by atoms with Crippen LogP contribution in [0.5, 0.6) is 0 Å². The highest BCUT2D eigenvalue weighted by Crippen LogP contribution is 2.26. The van der Waals surface area contributed by atoms with Gasteiger partial charge < -0.3 is 14.6 Å². The summed E-state index contributed by atoms with van der Waals surface area (Å²) >= 11 is 0. The average molecular weight is 399 g/mol. The van der Waals surface area contributed by atoms with Gasteiger partial charge in [0.25, 0.3) is 5.56 Å². The van der Waals surface area contributed by atoms with E-state index in [1.165, 1.54) is 0 Å². The summed E-state index contributed by atoms with van der Waals surface area (Å²) in [6, 6.07) is 0. The summed E-state index contributed by atoms with van der Waals surface area (Å²) in [5, 5.41) is 4.71. The molecule has 2 aromatic heterocycles. The molecule has 0 radical (unpaired) electrons. The SMILES string of the molecule is C=C(/C=C\CN(C)C)C1CN(Cc2nn3c(C4CCOCC4)ncc3c(=O)[nH]2)C1.